The second kappa shape index (κ2) is 9.93. The number of carbonyl (C=O) groups is 2. The van der Waals surface area contributed by atoms with Gasteiger partial charge in [-0.15, -0.1) is 0 Å². The van der Waals surface area contributed by atoms with Gasteiger partial charge in [-0.25, -0.2) is 4.98 Å². The van der Waals surface area contributed by atoms with Gasteiger partial charge in [-0.1, -0.05) is 42.1 Å². The van der Waals surface area contributed by atoms with Gasteiger partial charge < -0.3 is 10.6 Å². The summed E-state index contributed by atoms with van der Waals surface area (Å²) in [6.45, 7) is 0.323. The summed E-state index contributed by atoms with van der Waals surface area (Å²) < 4.78 is 1.81. The van der Waals surface area contributed by atoms with Gasteiger partial charge in [0.2, 0.25) is 0 Å². The normalized spacial score (nSPS) is 10.5. The molecule has 0 spiro atoms. The Balaban J connectivity index is 1.50. The third-order valence-electron chi connectivity index (χ3n) is 4.70. The molecular weight excluding hydrogens is 422 g/mol. The van der Waals surface area contributed by atoms with Gasteiger partial charge in [0, 0.05) is 23.1 Å². The highest BCUT2D eigenvalue weighted by molar-refractivity contribution is 7.98. The van der Waals surface area contributed by atoms with Crippen LogP contribution in [0.3, 0.4) is 0 Å². The Hall–Kier alpha value is -3.91. The summed E-state index contributed by atoms with van der Waals surface area (Å²) in [5.41, 5.74) is 2.99. The van der Waals surface area contributed by atoms with E-state index in [-0.39, 0.29) is 11.8 Å². The summed E-state index contributed by atoms with van der Waals surface area (Å²) in [6, 6.07) is 21.9. The smallest absolute Gasteiger partial charge is 0.274 e. The maximum absolute atomic E-state index is 13.0. The van der Waals surface area contributed by atoms with Gasteiger partial charge in [-0.05, 0) is 48.7 Å². The van der Waals surface area contributed by atoms with E-state index in [0.29, 0.717) is 28.6 Å². The second-order valence-corrected chi connectivity index (χ2v) is 7.61. The minimum atomic E-state index is -0.312. The highest BCUT2D eigenvalue weighted by atomic mass is 32.2. The molecule has 0 fully saturated rings. The molecule has 0 saturated heterocycles. The maximum atomic E-state index is 13.0. The highest BCUT2D eigenvalue weighted by Crippen LogP contribution is 2.22. The van der Waals surface area contributed by atoms with Crippen molar-refractivity contribution in [3.05, 3.63) is 102 Å². The van der Waals surface area contributed by atoms with E-state index in [1.807, 2.05) is 59.4 Å². The largest absolute Gasteiger partial charge is 0.346 e. The SMILES string of the molecule is CSc1ncc(C(=O)Nc2cccc(C(=O)NCc3ccccn3)c2)n1-c1ccccc1. The predicted octanol–water partition coefficient (Wildman–Crippen LogP) is 4.17. The summed E-state index contributed by atoms with van der Waals surface area (Å²) >= 11 is 1.46. The van der Waals surface area contributed by atoms with Crippen LogP contribution < -0.4 is 10.6 Å². The number of benzene rings is 2. The monoisotopic (exact) mass is 443 g/mol. The van der Waals surface area contributed by atoms with Crippen molar-refractivity contribution in [2.75, 3.05) is 11.6 Å². The van der Waals surface area contributed by atoms with E-state index in [4.69, 9.17) is 0 Å². The summed E-state index contributed by atoms with van der Waals surface area (Å²) in [7, 11) is 0. The van der Waals surface area contributed by atoms with Crippen molar-refractivity contribution in [3.63, 3.8) is 0 Å². The molecule has 0 aliphatic rings. The molecule has 4 rings (SSSR count). The number of pyridine rings is 1. The molecule has 32 heavy (non-hydrogen) atoms. The van der Waals surface area contributed by atoms with Gasteiger partial charge in [0.05, 0.1) is 18.4 Å². The summed E-state index contributed by atoms with van der Waals surface area (Å²) in [5, 5.41) is 6.42. The lowest BCUT2D eigenvalue weighted by Gasteiger charge is -2.12. The number of anilines is 1. The lowest BCUT2D eigenvalue weighted by Crippen LogP contribution is -2.23. The highest BCUT2D eigenvalue weighted by Gasteiger charge is 2.18. The van der Waals surface area contributed by atoms with Crippen LogP contribution in [0, 0.1) is 0 Å². The van der Waals surface area contributed by atoms with Crippen molar-refractivity contribution >= 4 is 29.3 Å². The molecular formula is C24H21N5O2S. The molecule has 0 radical (unpaired) electrons. The molecule has 4 aromatic rings. The molecule has 8 heteroatoms. The molecule has 2 heterocycles. The van der Waals surface area contributed by atoms with Crippen molar-refractivity contribution in [2.45, 2.75) is 11.7 Å². The van der Waals surface area contributed by atoms with Crippen molar-refractivity contribution in [1.82, 2.24) is 19.9 Å². The molecule has 2 aromatic heterocycles. The fourth-order valence-electron chi connectivity index (χ4n) is 3.17. The van der Waals surface area contributed by atoms with Gasteiger partial charge in [0.25, 0.3) is 11.8 Å². The van der Waals surface area contributed by atoms with Gasteiger partial charge in [0.15, 0.2) is 5.16 Å². The number of hydrogen-bond acceptors (Lipinski definition) is 5. The first-order chi connectivity index (χ1) is 15.7. The summed E-state index contributed by atoms with van der Waals surface area (Å²) in [5.74, 6) is -0.557. The number of nitrogens with zero attached hydrogens (tertiary/aromatic N) is 3. The molecule has 0 aliphatic carbocycles. The quantitative estimate of drug-likeness (QED) is 0.419. The van der Waals surface area contributed by atoms with Crippen molar-refractivity contribution < 1.29 is 9.59 Å². The Labute approximate surface area is 189 Å². The predicted molar refractivity (Wildman–Crippen MR) is 125 cm³/mol. The van der Waals surface area contributed by atoms with Crippen LogP contribution in [0.2, 0.25) is 0 Å². The molecule has 0 saturated carbocycles. The molecule has 0 unspecified atom stereocenters. The van der Waals surface area contributed by atoms with E-state index in [2.05, 4.69) is 20.6 Å². The summed E-state index contributed by atoms with van der Waals surface area (Å²) in [4.78, 5) is 34.1. The molecule has 0 aliphatic heterocycles. The number of nitrogens with one attached hydrogen (secondary N) is 2. The fraction of sp³-hybridized carbons (Fsp3) is 0.0833. The second-order valence-electron chi connectivity index (χ2n) is 6.84. The molecule has 2 aromatic carbocycles. The number of para-hydroxylation sites is 1. The average molecular weight is 444 g/mol. The van der Waals surface area contributed by atoms with Crippen LogP contribution in [0.4, 0.5) is 5.69 Å². The Kier molecular flexibility index (Phi) is 6.62. The van der Waals surface area contributed by atoms with Crippen LogP contribution in [-0.4, -0.2) is 32.6 Å². The lowest BCUT2D eigenvalue weighted by atomic mass is 10.2. The van der Waals surface area contributed by atoms with Gasteiger partial charge in [-0.2, -0.15) is 0 Å². The first-order valence-corrected chi connectivity index (χ1v) is 11.1. The maximum Gasteiger partial charge on any atom is 0.274 e. The van der Waals surface area contributed by atoms with Crippen molar-refractivity contribution in [1.29, 1.82) is 0 Å². The number of thioether (sulfide) groups is 1. The van der Waals surface area contributed by atoms with Crippen molar-refractivity contribution in [2.24, 2.45) is 0 Å². The molecule has 0 atom stereocenters. The van der Waals surface area contributed by atoms with E-state index in [9.17, 15) is 9.59 Å². The zero-order valence-corrected chi connectivity index (χ0v) is 18.2. The third-order valence-corrected chi connectivity index (χ3v) is 5.35. The Bertz CT molecular complexity index is 1230. The third kappa shape index (κ3) is 4.87. The van der Waals surface area contributed by atoms with E-state index in [0.717, 1.165) is 11.4 Å². The number of carbonyl (C=O) groups excluding carboxylic acids is 2. The molecule has 0 bridgehead atoms. The topological polar surface area (TPSA) is 88.9 Å². The standard InChI is InChI=1S/C24H21N5O2S/c1-32-24-27-16-21(29(24)20-11-3-2-4-12-20)23(31)28-18-10-7-8-17(14-18)22(30)26-15-19-9-5-6-13-25-19/h2-14,16H,15H2,1H3,(H,26,30)(H,28,31). The number of imidazole rings is 1. The van der Waals surface area contributed by atoms with Gasteiger partial charge >= 0.3 is 0 Å². The minimum absolute atomic E-state index is 0.245. The fourth-order valence-corrected chi connectivity index (χ4v) is 3.72. The molecule has 7 nitrogen and oxygen atoms in total. The Morgan fingerprint density at radius 3 is 2.50 bits per heavy atom. The molecule has 160 valence electrons. The average Bonchev–Trinajstić information content (AvgIpc) is 3.28. The van der Waals surface area contributed by atoms with E-state index < -0.39 is 0 Å². The van der Waals surface area contributed by atoms with Gasteiger partial charge in [0.1, 0.15) is 5.69 Å². The zero-order valence-electron chi connectivity index (χ0n) is 17.4. The van der Waals surface area contributed by atoms with E-state index in [1.165, 1.54) is 11.8 Å². The van der Waals surface area contributed by atoms with E-state index >= 15 is 0 Å². The van der Waals surface area contributed by atoms with Crippen LogP contribution in [-0.2, 0) is 6.54 Å². The molecule has 2 amide bonds. The zero-order chi connectivity index (χ0) is 22.3. The minimum Gasteiger partial charge on any atom is -0.346 e. The van der Waals surface area contributed by atoms with Crippen LogP contribution in [0.15, 0.2) is 90.3 Å². The Morgan fingerprint density at radius 2 is 1.75 bits per heavy atom. The first-order valence-electron chi connectivity index (χ1n) is 9.92. The number of hydrogen-bond donors (Lipinski definition) is 2. The van der Waals surface area contributed by atoms with Crippen LogP contribution >= 0.6 is 11.8 Å². The van der Waals surface area contributed by atoms with Crippen LogP contribution in [0.25, 0.3) is 5.69 Å². The number of amides is 2. The van der Waals surface area contributed by atoms with Crippen LogP contribution in [0.1, 0.15) is 26.5 Å². The van der Waals surface area contributed by atoms with Gasteiger partial charge in [-0.3, -0.25) is 19.1 Å². The number of aromatic nitrogens is 3. The van der Waals surface area contributed by atoms with Crippen molar-refractivity contribution in [3.8, 4) is 5.69 Å². The first kappa shape index (κ1) is 21.3. The number of rotatable bonds is 7. The Morgan fingerprint density at radius 1 is 0.938 bits per heavy atom. The van der Waals surface area contributed by atoms with Crippen LogP contribution in [0.5, 0.6) is 0 Å². The van der Waals surface area contributed by atoms with E-state index in [1.54, 1.807) is 36.7 Å². The lowest BCUT2D eigenvalue weighted by molar-refractivity contribution is 0.0949. The summed E-state index contributed by atoms with van der Waals surface area (Å²) in [6.07, 6.45) is 5.15. The molecule has 2 N–H and O–H groups in total.